The first kappa shape index (κ1) is 12.5. The minimum atomic E-state index is 0.315. The Morgan fingerprint density at radius 2 is 1.39 bits per heavy atom. The predicted octanol–water partition coefficient (Wildman–Crippen LogP) is 2.26. The van der Waals surface area contributed by atoms with E-state index in [9.17, 15) is 4.79 Å². The Bertz CT molecular complexity index is 293. The molecule has 2 atom stereocenters. The molecule has 3 fully saturated rings. The second-order valence-corrected chi connectivity index (χ2v) is 6.23. The molecular formula is C15H26N2O. The Kier molecular flexibility index (Phi) is 3.88. The number of hydrogen-bond donors (Lipinski definition) is 0. The fourth-order valence-corrected chi connectivity index (χ4v) is 4.08. The molecular weight excluding hydrogens is 224 g/mol. The highest BCUT2D eigenvalue weighted by atomic mass is 16.2. The van der Waals surface area contributed by atoms with E-state index in [1.165, 1.54) is 58.0 Å². The summed E-state index contributed by atoms with van der Waals surface area (Å²) < 4.78 is 0. The van der Waals surface area contributed by atoms with Crippen molar-refractivity contribution in [1.82, 2.24) is 9.80 Å². The number of carbonyl (C=O) groups excluding carboxylic acids is 1. The zero-order valence-corrected chi connectivity index (χ0v) is 11.4. The van der Waals surface area contributed by atoms with Crippen LogP contribution in [0.2, 0.25) is 0 Å². The van der Waals surface area contributed by atoms with Crippen LogP contribution in [0.15, 0.2) is 0 Å². The summed E-state index contributed by atoms with van der Waals surface area (Å²) in [5.74, 6) is 0.791. The van der Waals surface area contributed by atoms with Crippen LogP contribution in [-0.4, -0.2) is 47.9 Å². The van der Waals surface area contributed by atoms with E-state index in [1.807, 2.05) is 0 Å². The molecule has 1 aliphatic carbocycles. The minimum Gasteiger partial charge on any atom is -0.342 e. The third-order valence-electron chi connectivity index (χ3n) is 5.07. The summed E-state index contributed by atoms with van der Waals surface area (Å²) in [6.07, 6.45) is 10.1. The van der Waals surface area contributed by atoms with E-state index in [2.05, 4.69) is 9.80 Å². The summed E-state index contributed by atoms with van der Waals surface area (Å²) in [6, 6.07) is 0.564. The van der Waals surface area contributed by atoms with Crippen molar-refractivity contribution in [3.05, 3.63) is 0 Å². The molecule has 0 aromatic heterocycles. The second-order valence-electron chi connectivity index (χ2n) is 6.23. The lowest BCUT2D eigenvalue weighted by Gasteiger charge is -2.38. The maximum Gasteiger partial charge on any atom is 0.227 e. The fourth-order valence-electron chi connectivity index (χ4n) is 4.08. The number of amides is 1. The maximum atomic E-state index is 12.7. The number of rotatable bonds is 2. The molecule has 2 saturated heterocycles. The zero-order valence-electron chi connectivity index (χ0n) is 11.4. The average Bonchev–Trinajstić information content (AvgIpc) is 3.11. The van der Waals surface area contributed by atoms with Crippen molar-refractivity contribution in [1.29, 1.82) is 0 Å². The van der Waals surface area contributed by atoms with Crippen molar-refractivity contribution in [2.45, 2.75) is 57.4 Å². The van der Waals surface area contributed by atoms with E-state index in [0.29, 0.717) is 17.9 Å². The summed E-state index contributed by atoms with van der Waals surface area (Å²) in [5, 5.41) is 0. The Morgan fingerprint density at radius 1 is 0.778 bits per heavy atom. The van der Waals surface area contributed by atoms with Crippen molar-refractivity contribution < 1.29 is 4.79 Å². The van der Waals surface area contributed by atoms with E-state index in [0.717, 1.165) is 19.5 Å². The van der Waals surface area contributed by atoms with Crippen LogP contribution < -0.4 is 0 Å². The van der Waals surface area contributed by atoms with E-state index >= 15 is 0 Å². The molecule has 0 unspecified atom stereocenters. The fraction of sp³-hybridized carbons (Fsp3) is 0.933. The van der Waals surface area contributed by atoms with Gasteiger partial charge in [0.15, 0.2) is 0 Å². The molecule has 3 rings (SSSR count). The molecule has 3 heteroatoms. The summed E-state index contributed by atoms with van der Waals surface area (Å²) in [4.78, 5) is 17.4. The molecule has 3 nitrogen and oxygen atoms in total. The van der Waals surface area contributed by atoms with Crippen LogP contribution >= 0.6 is 0 Å². The molecule has 102 valence electrons. The summed E-state index contributed by atoms with van der Waals surface area (Å²) >= 11 is 0. The SMILES string of the molecule is O=C([C@H]1CCCC[C@@H]1N1CCCC1)N1CCCC1. The lowest BCUT2D eigenvalue weighted by molar-refractivity contribution is -0.138. The standard InChI is InChI=1S/C15H26N2O/c18-15(17-11-5-6-12-17)13-7-1-2-8-14(13)16-9-3-4-10-16/h13-14H,1-12H2/t13-,14-/m0/s1. The van der Waals surface area contributed by atoms with Crippen molar-refractivity contribution in [2.24, 2.45) is 5.92 Å². The molecule has 2 heterocycles. The normalized spacial score (nSPS) is 34.1. The maximum absolute atomic E-state index is 12.7. The van der Waals surface area contributed by atoms with Crippen LogP contribution in [0, 0.1) is 5.92 Å². The molecule has 1 amide bonds. The van der Waals surface area contributed by atoms with Crippen LogP contribution in [0.25, 0.3) is 0 Å². The van der Waals surface area contributed by atoms with Crippen molar-refractivity contribution in [3.63, 3.8) is 0 Å². The van der Waals surface area contributed by atoms with E-state index in [-0.39, 0.29) is 0 Å². The molecule has 0 aromatic rings. The molecule has 2 aliphatic heterocycles. The van der Waals surface area contributed by atoms with E-state index in [4.69, 9.17) is 0 Å². The van der Waals surface area contributed by atoms with Gasteiger partial charge in [0.1, 0.15) is 0 Å². The third-order valence-corrected chi connectivity index (χ3v) is 5.07. The van der Waals surface area contributed by atoms with Gasteiger partial charge >= 0.3 is 0 Å². The first-order valence-corrected chi connectivity index (χ1v) is 7.89. The summed E-state index contributed by atoms with van der Waals surface area (Å²) in [6.45, 7) is 4.49. The van der Waals surface area contributed by atoms with Crippen molar-refractivity contribution in [2.75, 3.05) is 26.2 Å². The van der Waals surface area contributed by atoms with Gasteiger partial charge in [-0.1, -0.05) is 12.8 Å². The topological polar surface area (TPSA) is 23.6 Å². The Balaban J connectivity index is 1.68. The van der Waals surface area contributed by atoms with Crippen molar-refractivity contribution >= 4 is 5.91 Å². The van der Waals surface area contributed by atoms with Gasteiger partial charge in [0.2, 0.25) is 5.91 Å². The largest absolute Gasteiger partial charge is 0.342 e. The Labute approximate surface area is 111 Å². The lowest BCUT2D eigenvalue weighted by atomic mass is 9.82. The van der Waals surface area contributed by atoms with Crippen LogP contribution in [0.3, 0.4) is 0 Å². The van der Waals surface area contributed by atoms with Gasteiger partial charge in [-0.3, -0.25) is 9.69 Å². The predicted molar refractivity (Wildman–Crippen MR) is 72.4 cm³/mol. The molecule has 1 saturated carbocycles. The monoisotopic (exact) mass is 250 g/mol. The van der Waals surface area contributed by atoms with Gasteiger partial charge in [0.05, 0.1) is 5.92 Å². The van der Waals surface area contributed by atoms with Crippen LogP contribution in [0.5, 0.6) is 0 Å². The highest BCUT2D eigenvalue weighted by molar-refractivity contribution is 5.80. The smallest absolute Gasteiger partial charge is 0.227 e. The average molecular weight is 250 g/mol. The third kappa shape index (κ3) is 2.42. The van der Waals surface area contributed by atoms with Gasteiger partial charge in [0.25, 0.3) is 0 Å². The first-order valence-electron chi connectivity index (χ1n) is 7.89. The lowest BCUT2D eigenvalue weighted by Crippen LogP contribution is -2.48. The Hall–Kier alpha value is -0.570. The van der Waals surface area contributed by atoms with Crippen LogP contribution in [-0.2, 0) is 4.79 Å². The van der Waals surface area contributed by atoms with Gasteiger partial charge in [-0.05, 0) is 51.6 Å². The first-order chi connectivity index (χ1) is 8.86. The molecule has 0 spiro atoms. The van der Waals surface area contributed by atoms with Gasteiger partial charge in [-0.15, -0.1) is 0 Å². The minimum absolute atomic E-state index is 0.315. The summed E-state index contributed by atoms with van der Waals surface area (Å²) in [5.41, 5.74) is 0. The molecule has 3 aliphatic rings. The van der Waals surface area contributed by atoms with E-state index < -0.39 is 0 Å². The highest BCUT2D eigenvalue weighted by Crippen LogP contribution is 2.32. The van der Waals surface area contributed by atoms with Gasteiger partial charge in [0, 0.05) is 19.1 Å². The molecule has 0 N–H and O–H groups in total. The number of nitrogens with zero attached hydrogens (tertiary/aromatic N) is 2. The highest BCUT2D eigenvalue weighted by Gasteiger charge is 2.38. The number of hydrogen-bond acceptors (Lipinski definition) is 2. The molecule has 0 bridgehead atoms. The van der Waals surface area contributed by atoms with Gasteiger partial charge in [-0.2, -0.15) is 0 Å². The number of carbonyl (C=O) groups is 1. The van der Waals surface area contributed by atoms with Gasteiger partial charge < -0.3 is 4.90 Å². The van der Waals surface area contributed by atoms with Crippen molar-refractivity contribution in [3.8, 4) is 0 Å². The van der Waals surface area contributed by atoms with Crippen LogP contribution in [0.1, 0.15) is 51.4 Å². The van der Waals surface area contributed by atoms with Gasteiger partial charge in [-0.25, -0.2) is 0 Å². The zero-order chi connectivity index (χ0) is 12.4. The Morgan fingerprint density at radius 3 is 2.11 bits per heavy atom. The molecule has 18 heavy (non-hydrogen) atoms. The molecule has 0 radical (unpaired) electrons. The quantitative estimate of drug-likeness (QED) is 0.750. The van der Waals surface area contributed by atoms with E-state index in [1.54, 1.807) is 0 Å². The summed E-state index contributed by atoms with van der Waals surface area (Å²) in [7, 11) is 0. The second kappa shape index (κ2) is 5.60. The molecule has 0 aromatic carbocycles. The number of likely N-dealkylation sites (tertiary alicyclic amines) is 2. The van der Waals surface area contributed by atoms with Crippen LogP contribution in [0.4, 0.5) is 0 Å².